The highest BCUT2D eigenvalue weighted by Gasteiger charge is 1.99. The van der Waals surface area contributed by atoms with Crippen LogP contribution >= 0.6 is 12.6 Å². The molecule has 0 N–H and O–H groups in total. The Morgan fingerprint density at radius 1 is 0.667 bits per heavy atom. The maximum absolute atomic E-state index is 5.16. The molecular weight excluding hydrogens is 200 g/mol. The summed E-state index contributed by atoms with van der Waals surface area (Å²) in [6, 6.07) is 18.9. The summed E-state index contributed by atoms with van der Waals surface area (Å²) >= 11 is 5.16. The van der Waals surface area contributed by atoms with Crippen molar-refractivity contribution in [2.75, 3.05) is 0 Å². The van der Waals surface area contributed by atoms with Gasteiger partial charge in [-0.2, -0.15) is 0 Å². The summed E-state index contributed by atoms with van der Waals surface area (Å²) in [5.41, 5.74) is 0. The van der Waals surface area contributed by atoms with Crippen LogP contribution in [0.4, 0.5) is 0 Å². The van der Waals surface area contributed by atoms with E-state index in [2.05, 4.69) is 48.5 Å². The Morgan fingerprint density at radius 2 is 1.40 bits per heavy atom. The third-order valence-corrected chi connectivity index (χ3v) is 2.97. The molecule has 3 aromatic rings. The molecule has 0 nitrogen and oxygen atoms in total. The summed E-state index contributed by atoms with van der Waals surface area (Å²) in [7, 11) is 0. The minimum Gasteiger partial charge on any atom is -0.0801 e. The van der Waals surface area contributed by atoms with E-state index in [1.54, 1.807) is 0 Å². The average Bonchev–Trinajstić information content (AvgIpc) is 2.28. The first-order chi connectivity index (χ1) is 7.34. The van der Waals surface area contributed by atoms with Crippen molar-refractivity contribution < 1.29 is 0 Å². The molecule has 0 aliphatic carbocycles. The van der Waals surface area contributed by atoms with Gasteiger partial charge in [-0.25, -0.2) is 0 Å². The van der Waals surface area contributed by atoms with Crippen molar-refractivity contribution in [3.05, 3.63) is 54.6 Å². The lowest BCUT2D eigenvalue weighted by Gasteiger charge is -2.03. The fraction of sp³-hybridized carbons (Fsp3) is 0. The van der Waals surface area contributed by atoms with Crippen molar-refractivity contribution in [1.29, 1.82) is 0 Å². The van der Waals surface area contributed by atoms with Crippen molar-refractivity contribution in [1.82, 2.24) is 0 Å². The fourth-order valence-electron chi connectivity index (χ4n) is 1.99. The van der Waals surface area contributed by atoms with Gasteiger partial charge in [0.2, 0.25) is 0 Å². The highest BCUT2D eigenvalue weighted by atomic mass is 32.1. The second-order valence-corrected chi connectivity index (χ2v) is 4.14. The Kier molecular flexibility index (Phi) is 1.86. The smallest absolute Gasteiger partial charge is 0.0383 e. The molecule has 3 rings (SSSR count). The molecule has 0 fully saturated rings. The first-order valence-electron chi connectivity index (χ1n) is 4.93. The molecule has 0 bridgehead atoms. The monoisotopic (exact) mass is 209 g/mol. The van der Waals surface area contributed by atoms with Crippen molar-refractivity contribution >= 4 is 34.2 Å². The van der Waals surface area contributed by atoms with Gasteiger partial charge in [-0.3, -0.25) is 0 Å². The van der Waals surface area contributed by atoms with Gasteiger partial charge < -0.3 is 0 Å². The molecular formula is C14H9S. The summed E-state index contributed by atoms with van der Waals surface area (Å²) < 4.78 is 0. The zero-order valence-electron chi connectivity index (χ0n) is 8.10. The van der Waals surface area contributed by atoms with Gasteiger partial charge in [-0.15, -0.1) is 0 Å². The minimum atomic E-state index is 0.901. The predicted octanol–water partition coefficient (Wildman–Crippen LogP) is 4.55. The number of hydrogen-bond donors (Lipinski definition) is 0. The van der Waals surface area contributed by atoms with E-state index in [9.17, 15) is 0 Å². The SMILES string of the molecule is [S]c1ccc2c(ccc3ccccc32)c1. The molecule has 0 saturated carbocycles. The molecule has 0 amide bonds. The number of fused-ring (bicyclic) bond motifs is 3. The van der Waals surface area contributed by atoms with Gasteiger partial charge in [0.05, 0.1) is 0 Å². The predicted molar refractivity (Wildman–Crippen MR) is 67.3 cm³/mol. The zero-order chi connectivity index (χ0) is 10.3. The number of rotatable bonds is 0. The van der Waals surface area contributed by atoms with Crippen LogP contribution in [0.15, 0.2) is 59.5 Å². The van der Waals surface area contributed by atoms with Crippen LogP contribution in [0.5, 0.6) is 0 Å². The molecule has 3 aromatic carbocycles. The quantitative estimate of drug-likeness (QED) is 0.476. The Bertz CT molecular complexity index is 641. The van der Waals surface area contributed by atoms with E-state index in [4.69, 9.17) is 12.6 Å². The molecule has 0 spiro atoms. The Balaban J connectivity index is 2.55. The van der Waals surface area contributed by atoms with Crippen LogP contribution in [-0.4, -0.2) is 0 Å². The Morgan fingerprint density at radius 3 is 2.33 bits per heavy atom. The summed E-state index contributed by atoms with van der Waals surface area (Å²) in [6.45, 7) is 0. The first kappa shape index (κ1) is 8.69. The van der Waals surface area contributed by atoms with E-state index in [1.807, 2.05) is 6.07 Å². The van der Waals surface area contributed by atoms with E-state index in [0.717, 1.165) is 4.90 Å². The van der Waals surface area contributed by atoms with E-state index in [0.29, 0.717) is 0 Å². The largest absolute Gasteiger partial charge is 0.0801 e. The highest BCUT2D eigenvalue weighted by Crippen LogP contribution is 2.26. The van der Waals surface area contributed by atoms with Gasteiger partial charge in [0.1, 0.15) is 0 Å². The molecule has 0 saturated heterocycles. The molecule has 71 valence electrons. The fourth-order valence-corrected chi connectivity index (χ4v) is 2.19. The van der Waals surface area contributed by atoms with Gasteiger partial charge >= 0.3 is 0 Å². The molecule has 0 atom stereocenters. The summed E-state index contributed by atoms with van der Waals surface area (Å²) in [5, 5.41) is 5.08. The summed E-state index contributed by atoms with van der Waals surface area (Å²) in [4.78, 5) is 0.901. The van der Waals surface area contributed by atoms with Crippen LogP contribution in [0.1, 0.15) is 0 Å². The lowest BCUT2D eigenvalue weighted by molar-refractivity contribution is 1.53. The Labute approximate surface area is 93.9 Å². The summed E-state index contributed by atoms with van der Waals surface area (Å²) in [6.07, 6.45) is 0. The summed E-state index contributed by atoms with van der Waals surface area (Å²) in [5.74, 6) is 0. The molecule has 1 radical (unpaired) electrons. The molecule has 0 aliphatic rings. The van der Waals surface area contributed by atoms with Gasteiger partial charge in [0, 0.05) is 4.90 Å². The minimum absolute atomic E-state index is 0.901. The van der Waals surface area contributed by atoms with Crippen LogP contribution in [-0.2, 0) is 0 Å². The first-order valence-corrected chi connectivity index (χ1v) is 5.34. The van der Waals surface area contributed by atoms with Crippen LogP contribution in [0.3, 0.4) is 0 Å². The topological polar surface area (TPSA) is 0 Å². The van der Waals surface area contributed by atoms with Crippen molar-refractivity contribution in [3.8, 4) is 0 Å². The van der Waals surface area contributed by atoms with E-state index >= 15 is 0 Å². The maximum atomic E-state index is 5.16. The van der Waals surface area contributed by atoms with E-state index < -0.39 is 0 Å². The van der Waals surface area contributed by atoms with Crippen molar-refractivity contribution in [2.45, 2.75) is 4.90 Å². The molecule has 1 heteroatoms. The average molecular weight is 209 g/mol. The lowest BCUT2D eigenvalue weighted by atomic mass is 10.0. The number of hydrogen-bond acceptors (Lipinski definition) is 0. The van der Waals surface area contributed by atoms with Crippen molar-refractivity contribution in [2.24, 2.45) is 0 Å². The zero-order valence-corrected chi connectivity index (χ0v) is 8.92. The second kappa shape index (κ2) is 3.21. The Hall–Kier alpha value is -1.60. The molecule has 0 aromatic heterocycles. The van der Waals surface area contributed by atoms with Crippen LogP contribution in [0.25, 0.3) is 21.5 Å². The third-order valence-electron chi connectivity index (χ3n) is 2.72. The van der Waals surface area contributed by atoms with E-state index in [-0.39, 0.29) is 0 Å². The molecule has 0 heterocycles. The van der Waals surface area contributed by atoms with Gasteiger partial charge in [0.25, 0.3) is 0 Å². The van der Waals surface area contributed by atoms with Gasteiger partial charge in [0.15, 0.2) is 0 Å². The van der Waals surface area contributed by atoms with Crippen LogP contribution < -0.4 is 0 Å². The standard InChI is InChI=1S/C14H9S/c15-12-7-8-14-11(9-12)6-5-10-3-1-2-4-13(10)14/h1-9H. The third kappa shape index (κ3) is 1.36. The highest BCUT2D eigenvalue weighted by molar-refractivity contribution is 7.80. The van der Waals surface area contributed by atoms with E-state index in [1.165, 1.54) is 21.5 Å². The second-order valence-electron chi connectivity index (χ2n) is 3.67. The maximum Gasteiger partial charge on any atom is 0.0383 e. The van der Waals surface area contributed by atoms with Gasteiger partial charge in [-0.1, -0.05) is 55.1 Å². The van der Waals surface area contributed by atoms with Crippen molar-refractivity contribution in [3.63, 3.8) is 0 Å². The van der Waals surface area contributed by atoms with Gasteiger partial charge in [-0.05, 0) is 33.7 Å². The lowest BCUT2D eigenvalue weighted by Crippen LogP contribution is -1.77. The van der Waals surface area contributed by atoms with Crippen LogP contribution in [0.2, 0.25) is 0 Å². The van der Waals surface area contributed by atoms with Crippen LogP contribution in [0, 0.1) is 0 Å². The molecule has 15 heavy (non-hydrogen) atoms. The molecule has 0 aliphatic heterocycles. The number of benzene rings is 3. The molecule has 0 unspecified atom stereocenters. The normalized spacial score (nSPS) is 10.9.